The molecule has 0 aliphatic carbocycles. The lowest BCUT2D eigenvalue weighted by Gasteiger charge is -2.17. The Kier molecular flexibility index (Phi) is 8.47. The molecule has 2 rings (SSSR count). The van der Waals surface area contributed by atoms with Crippen LogP contribution < -0.4 is 14.8 Å². The summed E-state index contributed by atoms with van der Waals surface area (Å²) < 4.78 is 11.2. The molecule has 0 unspecified atom stereocenters. The second kappa shape index (κ2) is 11.0. The first kappa shape index (κ1) is 23.0. The van der Waals surface area contributed by atoms with Gasteiger partial charge in [0.15, 0.2) is 11.5 Å². The second-order valence-corrected chi connectivity index (χ2v) is 6.91. The van der Waals surface area contributed by atoms with Crippen LogP contribution in [0.25, 0.3) is 6.08 Å². The number of likely N-dealkylation sites (N-methyl/N-ethyl adjacent to an activating group) is 1. The minimum atomic E-state index is -0.265. The average molecular weight is 411 g/mol. The van der Waals surface area contributed by atoms with Gasteiger partial charge < -0.3 is 19.7 Å². The van der Waals surface area contributed by atoms with E-state index in [1.807, 2.05) is 64.1 Å². The highest BCUT2D eigenvalue weighted by molar-refractivity contribution is 5.98. The zero-order valence-corrected chi connectivity index (χ0v) is 18.3. The Hall–Kier alpha value is -3.28. The first-order valence-corrected chi connectivity index (χ1v) is 10.0. The number of nitrogens with one attached hydrogen (secondary N) is 1. The maximum absolute atomic E-state index is 12.4. The molecule has 6 heteroatoms. The van der Waals surface area contributed by atoms with Crippen LogP contribution >= 0.6 is 0 Å². The van der Waals surface area contributed by atoms with Gasteiger partial charge >= 0.3 is 0 Å². The van der Waals surface area contributed by atoms with E-state index >= 15 is 0 Å². The number of hydrogen-bond acceptors (Lipinski definition) is 4. The van der Waals surface area contributed by atoms with Gasteiger partial charge in [-0.25, -0.2) is 0 Å². The van der Waals surface area contributed by atoms with Crippen molar-refractivity contribution in [1.29, 1.82) is 0 Å². The Bertz CT molecular complexity index is 901. The summed E-state index contributed by atoms with van der Waals surface area (Å²) in [6.07, 6.45) is 3.14. The van der Waals surface area contributed by atoms with Gasteiger partial charge in [0.05, 0.1) is 19.8 Å². The Morgan fingerprint density at radius 2 is 1.63 bits per heavy atom. The number of benzene rings is 2. The van der Waals surface area contributed by atoms with Gasteiger partial charge in [0.2, 0.25) is 11.8 Å². The number of carbonyl (C=O) groups is 2. The summed E-state index contributed by atoms with van der Waals surface area (Å²) in [4.78, 5) is 26.2. The lowest BCUT2D eigenvalue weighted by molar-refractivity contribution is -0.129. The van der Waals surface area contributed by atoms with Gasteiger partial charge in [-0.2, -0.15) is 0 Å². The van der Waals surface area contributed by atoms with E-state index in [1.54, 1.807) is 13.1 Å². The molecule has 2 aromatic carbocycles. The smallest absolute Gasteiger partial charge is 0.246 e. The molecule has 6 nitrogen and oxygen atoms in total. The van der Waals surface area contributed by atoms with Crippen molar-refractivity contribution in [2.45, 2.75) is 27.7 Å². The summed E-state index contributed by atoms with van der Waals surface area (Å²) >= 11 is 0. The van der Waals surface area contributed by atoms with E-state index in [4.69, 9.17) is 9.47 Å². The fourth-order valence-electron chi connectivity index (χ4n) is 2.95. The number of hydrogen-bond donors (Lipinski definition) is 1. The standard InChI is InChI=1S/C24H30N2O4/c1-6-29-20-13-11-19(15-21(20)30-7-2)12-14-23(28)26(5)16-22(27)25-24-17(3)9-8-10-18(24)4/h8-15H,6-7,16H2,1-5H3,(H,25,27)/b14-12+. The van der Waals surface area contributed by atoms with Crippen molar-refractivity contribution in [3.63, 3.8) is 0 Å². The van der Waals surface area contributed by atoms with Gasteiger partial charge in [-0.05, 0) is 62.6 Å². The van der Waals surface area contributed by atoms with Gasteiger partial charge in [-0.15, -0.1) is 0 Å². The molecule has 0 radical (unpaired) electrons. The van der Waals surface area contributed by atoms with Crippen LogP contribution in [0, 0.1) is 13.8 Å². The predicted molar refractivity (Wildman–Crippen MR) is 120 cm³/mol. The molecule has 0 spiro atoms. The second-order valence-electron chi connectivity index (χ2n) is 6.91. The van der Waals surface area contributed by atoms with Gasteiger partial charge in [0.1, 0.15) is 0 Å². The number of ether oxygens (including phenoxy) is 2. The number of carbonyl (C=O) groups excluding carboxylic acids is 2. The van der Waals surface area contributed by atoms with Crippen molar-refractivity contribution in [2.75, 3.05) is 32.1 Å². The van der Waals surface area contributed by atoms with E-state index < -0.39 is 0 Å². The molecule has 30 heavy (non-hydrogen) atoms. The molecule has 0 aliphatic heterocycles. The summed E-state index contributed by atoms with van der Waals surface area (Å²) in [7, 11) is 1.60. The Labute approximate surface area is 178 Å². The van der Waals surface area contributed by atoms with Gasteiger partial charge in [-0.3, -0.25) is 9.59 Å². The first-order chi connectivity index (χ1) is 14.3. The highest BCUT2D eigenvalue weighted by atomic mass is 16.5. The lowest BCUT2D eigenvalue weighted by atomic mass is 10.1. The molecule has 0 aromatic heterocycles. The van der Waals surface area contributed by atoms with Crippen LogP contribution in [0.1, 0.15) is 30.5 Å². The van der Waals surface area contributed by atoms with Crippen molar-refractivity contribution < 1.29 is 19.1 Å². The maximum Gasteiger partial charge on any atom is 0.246 e. The van der Waals surface area contributed by atoms with E-state index in [-0.39, 0.29) is 18.4 Å². The summed E-state index contributed by atoms with van der Waals surface area (Å²) in [5.41, 5.74) is 3.57. The lowest BCUT2D eigenvalue weighted by Crippen LogP contribution is -2.34. The third-order valence-corrected chi connectivity index (χ3v) is 4.49. The molecule has 1 N–H and O–H groups in total. The van der Waals surface area contributed by atoms with E-state index in [0.717, 1.165) is 22.4 Å². The molecule has 0 bridgehead atoms. The van der Waals surface area contributed by atoms with Crippen molar-refractivity contribution in [2.24, 2.45) is 0 Å². The van der Waals surface area contributed by atoms with Crippen LogP contribution in [0.2, 0.25) is 0 Å². The van der Waals surface area contributed by atoms with Crippen LogP contribution in [-0.2, 0) is 9.59 Å². The van der Waals surface area contributed by atoms with E-state index in [1.165, 1.54) is 11.0 Å². The topological polar surface area (TPSA) is 67.9 Å². The Morgan fingerprint density at radius 3 is 2.27 bits per heavy atom. The van der Waals surface area contributed by atoms with Crippen molar-refractivity contribution in [1.82, 2.24) is 4.90 Å². The number of aryl methyl sites for hydroxylation is 2. The summed E-state index contributed by atoms with van der Waals surface area (Å²) in [5, 5.41) is 2.89. The van der Waals surface area contributed by atoms with Crippen LogP contribution in [0.4, 0.5) is 5.69 Å². The number of nitrogens with zero attached hydrogens (tertiary/aromatic N) is 1. The van der Waals surface area contributed by atoms with Crippen LogP contribution in [0.3, 0.4) is 0 Å². The number of para-hydroxylation sites is 1. The van der Waals surface area contributed by atoms with Crippen molar-refractivity contribution in [3.05, 3.63) is 59.2 Å². The molecule has 0 saturated heterocycles. The minimum Gasteiger partial charge on any atom is -0.490 e. The maximum atomic E-state index is 12.4. The third-order valence-electron chi connectivity index (χ3n) is 4.49. The molecule has 0 fully saturated rings. The SMILES string of the molecule is CCOc1ccc(/C=C/C(=O)N(C)CC(=O)Nc2c(C)cccc2C)cc1OCC. The molecule has 0 saturated carbocycles. The number of anilines is 1. The minimum absolute atomic E-state index is 0.0373. The highest BCUT2D eigenvalue weighted by Gasteiger charge is 2.13. The van der Waals surface area contributed by atoms with Crippen LogP contribution in [0.5, 0.6) is 11.5 Å². The Morgan fingerprint density at radius 1 is 1.00 bits per heavy atom. The average Bonchev–Trinajstić information content (AvgIpc) is 2.71. The molecular weight excluding hydrogens is 380 g/mol. The number of amides is 2. The van der Waals surface area contributed by atoms with E-state index in [9.17, 15) is 9.59 Å². The normalized spacial score (nSPS) is 10.7. The van der Waals surface area contributed by atoms with Crippen LogP contribution in [-0.4, -0.2) is 43.5 Å². The molecule has 0 heterocycles. The third kappa shape index (κ3) is 6.37. The van der Waals surface area contributed by atoms with Gasteiger partial charge in [-0.1, -0.05) is 24.3 Å². The molecular formula is C24H30N2O4. The van der Waals surface area contributed by atoms with Gasteiger partial charge in [0, 0.05) is 18.8 Å². The zero-order chi connectivity index (χ0) is 22.1. The number of rotatable bonds is 9. The fourth-order valence-corrected chi connectivity index (χ4v) is 2.95. The fraction of sp³-hybridized carbons (Fsp3) is 0.333. The first-order valence-electron chi connectivity index (χ1n) is 10.0. The summed E-state index contributed by atoms with van der Waals surface area (Å²) in [5.74, 6) is 0.799. The molecule has 2 aromatic rings. The quantitative estimate of drug-likeness (QED) is 0.629. The summed E-state index contributed by atoms with van der Waals surface area (Å²) in [6.45, 7) is 8.72. The highest BCUT2D eigenvalue weighted by Crippen LogP contribution is 2.29. The molecule has 2 amide bonds. The molecule has 160 valence electrons. The van der Waals surface area contributed by atoms with E-state index in [2.05, 4.69) is 5.32 Å². The summed E-state index contributed by atoms with van der Waals surface area (Å²) in [6, 6.07) is 11.3. The van der Waals surface area contributed by atoms with Crippen molar-refractivity contribution in [3.8, 4) is 11.5 Å². The van der Waals surface area contributed by atoms with E-state index in [0.29, 0.717) is 24.7 Å². The van der Waals surface area contributed by atoms with Gasteiger partial charge in [0.25, 0.3) is 0 Å². The largest absolute Gasteiger partial charge is 0.490 e. The zero-order valence-electron chi connectivity index (χ0n) is 18.3. The predicted octanol–water partition coefficient (Wildman–Crippen LogP) is 4.21. The molecule has 0 atom stereocenters. The Balaban J connectivity index is 2.00. The monoisotopic (exact) mass is 410 g/mol. The molecule has 0 aliphatic rings. The van der Waals surface area contributed by atoms with Crippen LogP contribution in [0.15, 0.2) is 42.5 Å². The van der Waals surface area contributed by atoms with Crippen molar-refractivity contribution >= 4 is 23.6 Å².